The minimum absolute atomic E-state index is 0.296. The van der Waals surface area contributed by atoms with E-state index in [0.29, 0.717) is 16.3 Å². The zero-order valence-electron chi connectivity index (χ0n) is 11.7. The molecule has 0 unspecified atom stereocenters. The van der Waals surface area contributed by atoms with Crippen LogP contribution in [0.3, 0.4) is 0 Å². The molecular formula is C17H11ClFN3. The first-order chi connectivity index (χ1) is 10.6. The van der Waals surface area contributed by atoms with Gasteiger partial charge in [-0.2, -0.15) is 0 Å². The summed E-state index contributed by atoms with van der Waals surface area (Å²) in [5.74, 6) is -0.296. The third-order valence-electron chi connectivity index (χ3n) is 3.74. The molecular weight excluding hydrogens is 301 g/mol. The van der Waals surface area contributed by atoms with E-state index in [9.17, 15) is 4.39 Å². The molecule has 0 radical (unpaired) electrons. The van der Waals surface area contributed by atoms with Gasteiger partial charge < -0.3 is 4.57 Å². The van der Waals surface area contributed by atoms with Crippen molar-refractivity contribution in [1.29, 1.82) is 0 Å². The van der Waals surface area contributed by atoms with E-state index in [1.54, 1.807) is 18.5 Å². The average Bonchev–Trinajstić information content (AvgIpc) is 2.88. The summed E-state index contributed by atoms with van der Waals surface area (Å²) in [6.07, 6.45) is 1.75. The second-order valence-corrected chi connectivity index (χ2v) is 5.59. The Bertz CT molecular complexity index is 1020. The molecule has 0 fully saturated rings. The topological polar surface area (TPSA) is 30.7 Å². The van der Waals surface area contributed by atoms with Gasteiger partial charge in [0.15, 0.2) is 0 Å². The highest BCUT2D eigenvalue weighted by molar-refractivity contribution is 6.37. The minimum atomic E-state index is -0.296. The van der Waals surface area contributed by atoms with E-state index in [4.69, 9.17) is 11.6 Å². The molecule has 0 saturated carbocycles. The van der Waals surface area contributed by atoms with Crippen LogP contribution in [0.2, 0.25) is 5.02 Å². The smallest absolute Gasteiger partial charge is 0.123 e. The van der Waals surface area contributed by atoms with Gasteiger partial charge >= 0.3 is 0 Å². The molecule has 0 aliphatic heterocycles. The number of hydrogen-bond donors (Lipinski definition) is 0. The zero-order chi connectivity index (χ0) is 15.3. The van der Waals surface area contributed by atoms with Gasteiger partial charge in [-0.25, -0.2) is 14.4 Å². The summed E-state index contributed by atoms with van der Waals surface area (Å²) < 4.78 is 15.3. The first kappa shape index (κ1) is 13.2. The van der Waals surface area contributed by atoms with Gasteiger partial charge in [0.1, 0.15) is 5.82 Å². The minimum Gasteiger partial charge on any atom is -0.334 e. The van der Waals surface area contributed by atoms with Gasteiger partial charge in [0, 0.05) is 18.0 Å². The number of benzene rings is 2. The maximum atomic E-state index is 13.4. The highest BCUT2D eigenvalue weighted by atomic mass is 35.5. The van der Waals surface area contributed by atoms with Crippen LogP contribution in [0.15, 0.2) is 48.8 Å². The number of fused-ring (bicyclic) bond motifs is 3. The van der Waals surface area contributed by atoms with E-state index in [1.165, 1.54) is 12.1 Å². The molecule has 4 aromatic rings. The summed E-state index contributed by atoms with van der Waals surface area (Å²) in [5.41, 5.74) is 3.91. The van der Waals surface area contributed by atoms with Crippen LogP contribution in [0.1, 0.15) is 0 Å². The molecule has 3 nitrogen and oxygen atoms in total. The van der Waals surface area contributed by atoms with Gasteiger partial charge in [0.05, 0.1) is 33.6 Å². The molecule has 0 aliphatic carbocycles. The standard InChI is InChI=1S/C17H11ClFN3/c1-22-9-20-17-15(22)6-5-13-16(17)12(18)8-14(21-13)10-3-2-4-11(19)7-10/h2-9H,1H3. The third kappa shape index (κ3) is 1.96. The Labute approximate surface area is 131 Å². The fraction of sp³-hybridized carbons (Fsp3) is 0.0588. The first-order valence-corrected chi connectivity index (χ1v) is 7.17. The molecule has 0 saturated heterocycles. The molecule has 22 heavy (non-hydrogen) atoms. The highest BCUT2D eigenvalue weighted by Gasteiger charge is 2.12. The summed E-state index contributed by atoms with van der Waals surface area (Å²) in [6, 6.07) is 12.0. The van der Waals surface area contributed by atoms with Gasteiger partial charge in [-0.05, 0) is 30.3 Å². The number of rotatable bonds is 1. The van der Waals surface area contributed by atoms with E-state index >= 15 is 0 Å². The molecule has 2 aromatic heterocycles. The number of nitrogens with zero attached hydrogens (tertiary/aromatic N) is 3. The summed E-state index contributed by atoms with van der Waals surface area (Å²) in [7, 11) is 1.93. The predicted octanol–water partition coefficient (Wildman–Crippen LogP) is 4.58. The van der Waals surface area contributed by atoms with Crippen LogP contribution in [0, 0.1) is 5.82 Å². The Kier molecular flexibility index (Phi) is 2.87. The van der Waals surface area contributed by atoms with Gasteiger partial charge in [-0.15, -0.1) is 0 Å². The molecule has 108 valence electrons. The first-order valence-electron chi connectivity index (χ1n) is 6.80. The molecule has 4 rings (SSSR count). The fourth-order valence-corrected chi connectivity index (χ4v) is 2.96. The molecule has 5 heteroatoms. The second kappa shape index (κ2) is 4.78. The maximum Gasteiger partial charge on any atom is 0.123 e. The molecule has 0 spiro atoms. The summed E-state index contributed by atoms with van der Waals surface area (Å²) in [6.45, 7) is 0. The second-order valence-electron chi connectivity index (χ2n) is 5.18. The lowest BCUT2D eigenvalue weighted by Gasteiger charge is -2.07. The fourth-order valence-electron chi connectivity index (χ4n) is 2.67. The van der Waals surface area contributed by atoms with Crippen molar-refractivity contribution in [2.75, 3.05) is 0 Å². The number of hydrogen-bond acceptors (Lipinski definition) is 2. The van der Waals surface area contributed by atoms with Crippen molar-refractivity contribution in [3.63, 3.8) is 0 Å². The Hall–Kier alpha value is -2.46. The normalized spacial score (nSPS) is 11.4. The van der Waals surface area contributed by atoms with Crippen molar-refractivity contribution in [2.45, 2.75) is 0 Å². The van der Waals surface area contributed by atoms with E-state index in [2.05, 4.69) is 9.97 Å². The van der Waals surface area contributed by atoms with E-state index in [1.807, 2.05) is 29.8 Å². The highest BCUT2D eigenvalue weighted by Crippen LogP contribution is 2.32. The molecule has 0 amide bonds. The number of imidazole rings is 1. The van der Waals surface area contributed by atoms with Crippen LogP contribution in [0.5, 0.6) is 0 Å². The van der Waals surface area contributed by atoms with Crippen LogP contribution in [-0.4, -0.2) is 14.5 Å². The predicted molar refractivity (Wildman–Crippen MR) is 86.4 cm³/mol. The number of aryl methyl sites for hydroxylation is 1. The van der Waals surface area contributed by atoms with E-state index in [0.717, 1.165) is 21.9 Å². The summed E-state index contributed by atoms with van der Waals surface area (Å²) >= 11 is 6.46. The number of halogens is 2. The monoisotopic (exact) mass is 311 g/mol. The Morgan fingerprint density at radius 1 is 1.14 bits per heavy atom. The molecule has 2 aromatic carbocycles. The Morgan fingerprint density at radius 3 is 2.82 bits per heavy atom. The zero-order valence-corrected chi connectivity index (χ0v) is 12.5. The lowest BCUT2D eigenvalue weighted by atomic mass is 10.1. The lowest BCUT2D eigenvalue weighted by Crippen LogP contribution is -1.89. The maximum absolute atomic E-state index is 13.4. The molecule has 0 aliphatic rings. The Morgan fingerprint density at radius 2 is 2.00 bits per heavy atom. The van der Waals surface area contributed by atoms with Crippen molar-refractivity contribution in [3.8, 4) is 11.3 Å². The largest absolute Gasteiger partial charge is 0.334 e. The quantitative estimate of drug-likeness (QED) is 0.515. The molecule has 0 bridgehead atoms. The van der Waals surface area contributed by atoms with E-state index in [-0.39, 0.29) is 5.82 Å². The SMILES string of the molecule is Cn1cnc2c3c(Cl)cc(-c4cccc(F)c4)nc3ccc21. The molecule has 0 N–H and O–H groups in total. The molecule has 2 heterocycles. The number of aromatic nitrogens is 3. The van der Waals surface area contributed by atoms with Crippen LogP contribution in [-0.2, 0) is 7.05 Å². The van der Waals surface area contributed by atoms with Gasteiger partial charge in [-0.1, -0.05) is 23.7 Å². The van der Waals surface area contributed by atoms with Crippen LogP contribution in [0.25, 0.3) is 33.2 Å². The van der Waals surface area contributed by atoms with Crippen molar-refractivity contribution >= 4 is 33.5 Å². The number of pyridine rings is 1. The van der Waals surface area contributed by atoms with Crippen molar-refractivity contribution < 1.29 is 4.39 Å². The van der Waals surface area contributed by atoms with Gasteiger partial charge in [0.25, 0.3) is 0 Å². The molecule has 0 atom stereocenters. The van der Waals surface area contributed by atoms with Crippen molar-refractivity contribution in [2.24, 2.45) is 7.05 Å². The lowest BCUT2D eigenvalue weighted by molar-refractivity contribution is 0.628. The summed E-state index contributed by atoms with van der Waals surface area (Å²) in [5, 5.41) is 1.38. The van der Waals surface area contributed by atoms with Crippen molar-refractivity contribution in [3.05, 3.63) is 59.6 Å². The van der Waals surface area contributed by atoms with Crippen molar-refractivity contribution in [1.82, 2.24) is 14.5 Å². The van der Waals surface area contributed by atoms with E-state index < -0.39 is 0 Å². The summed E-state index contributed by atoms with van der Waals surface area (Å²) in [4.78, 5) is 9.01. The average molecular weight is 312 g/mol. The van der Waals surface area contributed by atoms with Gasteiger partial charge in [-0.3, -0.25) is 0 Å². The van der Waals surface area contributed by atoms with Crippen LogP contribution >= 0.6 is 11.6 Å². The Balaban J connectivity index is 2.03. The van der Waals surface area contributed by atoms with Gasteiger partial charge in [0.2, 0.25) is 0 Å². The third-order valence-corrected chi connectivity index (χ3v) is 4.04. The van der Waals surface area contributed by atoms with Crippen LogP contribution in [0.4, 0.5) is 4.39 Å². The van der Waals surface area contributed by atoms with Crippen LogP contribution < -0.4 is 0 Å².